The molecular weight excluding hydrogens is 482 g/mol. The van der Waals surface area contributed by atoms with Gasteiger partial charge in [-0.3, -0.25) is 0 Å². The number of anilines is 1. The summed E-state index contributed by atoms with van der Waals surface area (Å²) in [5.74, 6) is -0.721. The van der Waals surface area contributed by atoms with Crippen LogP contribution in [0.15, 0.2) is 40.1 Å². The third kappa shape index (κ3) is 7.92. The van der Waals surface area contributed by atoms with E-state index >= 15 is 0 Å². The van der Waals surface area contributed by atoms with Crippen molar-refractivity contribution in [3.63, 3.8) is 0 Å². The molecule has 7 nitrogen and oxygen atoms in total. The molecule has 0 bridgehead atoms. The van der Waals surface area contributed by atoms with Crippen LogP contribution in [0.25, 0.3) is 6.08 Å². The van der Waals surface area contributed by atoms with Gasteiger partial charge >= 0.3 is 5.97 Å². The maximum Gasteiger partial charge on any atom is 0.348 e. The summed E-state index contributed by atoms with van der Waals surface area (Å²) in [6, 6.07) is 12.0. The van der Waals surface area contributed by atoms with Gasteiger partial charge in [0, 0.05) is 18.3 Å². The van der Waals surface area contributed by atoms with Gasteiger partial charge in [0.1, 0.15) is 23.3 Å². The second-order valence-corrected chi connectivity index (χ2v) is 9.50. The SMILES string of the molecule is CCCCOC(=O)/C(C#N)=C/c1sc(N=Nc2ccc(N(CCCC)C(C)C)cc2)c(C#N)c1Cl. The number of hydrogen-bond acceptors (Lipinski definition) is 8. The van der Waals surface area contributed by atoms with E-state index in [1.165, 1.54) is 6.08 Å². The number of unbranched alkanes of at least 4 members (excludes halogenated alkanes) is 2. The zero-order chi connectivity index (χ0) is 25.8. The molecule has 2 aromatic rings. The third-order valence-electron chi connectivity index (χ3n) is 5.13. The van der Waals surface area contributed by atoms with Crippen LogP contribution in [0.4, 0.5) is 16.4 Å². The molecule has 0 fully saturated rings. The van der Waals surface area contributed by atoms with Crippen LogP contribution in [0.5, 0.6) is 0 Å². The lowest BCUT2D eigenvalue weighted by Gasteiger charge is -2.29. The van der Waals surface area contributed by atoms with Crippen LogP contribution in [0.3, 0.4) is 0 Å². The topological polar surface area (TPSA) is 102 Å². The van der Waals surface area contributed by atoms with Crippen molar-refractivity contribution >= 4 is 51.4 Å². The van der Waals surface area contributed by atoms with E-state index in [-0.39, 0.29) is 22.8 Å². The molecule has 2 rings (SSSR count). The summed E-state index contributed by atoms with van der Waals surface area (Å²) in [4.78, 5) is 14.9. The lowest BCUT2D eigenvalue weighted by Crippen LogP contribution is -2.31. The predicted octanol–water partition coefficient (Wildman–Crippen LogP) is 7.95. The van der Waals surface area contributed by atoms with Gasteiger partial charge in [0.2, 0.25) is 0 Å². The van der Waals surface area contributed by atoms with E-state index in [0.717, 1.165) is 42.8 Å². The van der Waals surface area contributed by atoms with E-state index < -0.39 is 5.97 Å². The molecule has 0 aliphatic rings. The zero-order valence-corrected chi connectivity index (χ0v) is 22.1. The highest BCUT2D eigenvalue weighted by Crippen LogP contribution is 2.40. The number of nitriles is 2. The number of thiophene rings is 1. The summed E-state index contributed by atoms with van der Waals surface area (Å²) in [7, 11) is 0. The van der Waals surface area contributed by atoms with Crippen LogP contribution in [-0.4, -0.2) is 25.2 Å². The van der Waals surface area contributed by atoms with Crippen molar-refractivity contribution < 1.29 is 9.53 Å². The predicted molar refractivity (Wildman–Crippen MR) is 142 cm³/mol. The van der Waals surface area contributed by atoms with Crippen molar-refractivity contribution in [2.24, 2.45) is 10.2 Å². The number of rotatable bonds is 12. The van der Waals surface area contributed by atoms with Gasteiger partial charge in [-0.15, -0.1) is 21.6 Å². The Labute approximate surface area is 216 Å². The number of nitrogens with zero attached hydrogens (tertiary/aromatic N) is 5. The molecule has 0 amide bonds. The molecule has 35 heavy (non-hydrogen) atoms. The average Bonchev–Trinajstić information content (AvgIpc) is 3.15. The van der Waals surface area contributed by atoms with Gasteiger partial charge in [-0.1, -0.05) is 38.3 Å². The van der Waals surface area contributed by atoms with Gasteiger partial charge in [0.25, 0.3) is 0 Å². The van der Waals surface area contributed by atoms with Crippen LogP contribution in [0.1, 0.15) is 63.8 Å². The van der Waals surface area contributed by atoms with Crippen molar-refractivity contribution in [3.05, 3.63) is 45.3 Å². The standard InChI is InChI=1S/C26H30ClN5O2S/c1-5-7-13-32(18(3)4)21-11-9-20(10-12-21)30-31-25-22(17-29)24(27)23(35-25)15-19(16-28)26(33)34-14-8-6-2/h9-12,15,18H,5-8,13-14H2,1-4H3/b19-15+,31-30?. The lowest BCUT2D eigenvalue weighted by molar-refractivity contribution is -0.138. The fourth-order valence-electron chi connectivity index (χ4n) is 3.16. The summed E-state index contributed by atoms with van der Waals surface area (Å²) < 4.78 is 5.10. The van der Waals surface area contributed by atoms with E-state index in [0.29, 0.717) is 28.0 Å². The first-order valence-electron chi connectivity index (χ1n) is 11.7. The maximum atomic E-state index is 12.2. The lowest BCUT2D eigenvalue weighted by atomic mass is 10.2. The monoisotopic (exact) mass is 511 g/mol. The van der Waals surface area contributed by atoms with Crippen LogP contribution >= 0.6 is 22.9 Å². The zero-order valence-electron chi connectivity index (χ0n) is 20.5. The summed E-state index contributed by atoms with van der Waals surface area (Å²) in [6.07, 6.45) is 5.16. The van der Waals surface area contributed by atoms with E-state index in [9.17, 15) is 15.3 Å². The minimum Gasteiger partial charge on any atom is -0.462 e. The molecule has 1 aromatic heterocycles. The van der Waals surface area contributed by atoms with Crippen molar-refractivity contribution in [2.75, 3.05) is 18.1 Å². The molecule has 0 saturated heterocycles. The Balaban J connectivity index is 2.26. The minimum absolute atomic E-state index is 0.124. The Kier molecular flexibility index (Phi) is 11.4. The molecule has 0 spiro atoms. The quantitative estimate of drug-likeness (QED) is 0.0945. The number of hydrogen-bond donors (Lipinski definition) is 0. The molecule has 184 valence electrons. The molecule has 0 N–H and O–H groups in total. The van der Waals surface area contributed by atoms with Gasteiger partial charge in [-0.05, 0) is 57.0 Å². The Bertz CT molecular complexity index is 1140. The number of azo groups is 1. The first-order valence-corrected chi connectivity index (χ1v) is 12.8. The van der Waals surface area contributed by atoms with Gasteiger partial charge in [-0.2, -0.15) is 10.5 Å². The molecule has 9 heteroatoms. The average molecular weight is 512 g/mol. The van der Waals surface area contributed by atoms with Crippen LogP contribution < -0.4 is 4.90 Å². The smallest absolute Gasteiger partial charge is 0.348 e. The van der Waals surface area contributed by atoms with Gasteiger partial charge in [0.15, 0.2) is 5.00 Å². The first-order chi connectivity index (χ1) is 16.9. The minimum atomic E-state index is -0.721. The van der Waals surface area contributed by atoms with Crippen LogP contribution in [0.2, 0.25) is 5.02 Å². The van der Waals surface area contributed by atoms with Crippen LogP contribution in [0, 0.1) is 22.7 Å². The van der Waals surface area contributed by atoms with Crippen molar-refractivity contribution in [1.82, 2.24) is 0 Å². The summed E-state index contributed by atoms with van der Waals surface area (Å²) in [6.45, 7) is 9.71. The number of carbonyl (C=O) groups excluding carboxylic acids is 1. The fourth-order valence-corrected chi connectivity index (χ4v) is 4.43. The number of benzene rings is 1. The van der Waals surface area contributed by atoms with E-state index in [1.807, 2.05) is 43.3 Å². The fraction of sp³-hybridized carbons (Fsp3) is 0.423. The molecule has 0 saturated carbocycles. The Morgan fingerprint density at radius 3 is 2.43 bits per heavy atom. The van der Waals surface area contributed by atoms with Gasteiger partial charge < -0.3 is 9.64 Å². The molecule has 1 aromatic carbocycles. The highest BCUT2D eigenvalue weighted by molar-refractivity contribution is 7.17. The first kappa shape index (κ1) is 28.0. The number of esters is 1. The van der Waals surface area contributed by atoms with E-state index in [1.54, 1.807) is 0 Å². The molecule has 0 unspecified atom stereocenters. The molecular formula is C26H30ClN5O2S. The van der Waals surface area contributed by atoms with Crippen molar-refractivity contribution in [3.8, 4) is 12.1 Å². The number of carbonyl (C=O) groups is 1. The normalized spacial score (nSPS) is 11.5. The summed E-state index contributed by atoms with van der Waals surface area (Å²) in [5.41, 5.74) is 1.71. The molecule has 0 aliphatic heterocycles. The largest absolute Gasteiger partial charge is 0.462 e. The summed E-state index contributed by atoms with van der Waals surface area (Å²) in [5, 5.41) is 27.8. The van der Waals surface area contributed by atoms with Crippen molar-refractivity contribution in [1.29, 1.82) is 10.5 Å². The Hall–Kier alpha value is -3.20. The Morgan fingerprint density at radius 2 is 1.86 bits per heavy atom. The second-order valence-electron chi connectivity index (χ2n) is 8.09. The molecule has 0 atom stereocenters. The maximum absolute atomic E-state index is 12.2. The second kappa shape index (κ2) is 14.3. The number of halogens is 1. The summed E-state index contributed by atoms with van der Waals surface area (Å²) >= 11 is 7.43. The van der Waals surface area contributed by atoms with E-state index in [2.05, 4.69) is 35.9 Å². The Morgan fingerprint density at radius 1 is 1.17 bits per heavy atom. The van der Waals surface area contributed by atoms with Gasteiger partial charge in [-0.25, -0.2) is 4.79 Å². The van der Waals surface area contributed by atoms with Crippen LogP contribution in [-0.2, 0) is 9.53 Å². The highest BCUT2D eigenvalue weighted by atomic mass is 35.5. The highest BCUT2D eigenvalue weighted by Gasteiger charge is 2.19. The van der Waals surface area contributed by atoms with E-state index in [4.69, 9.17) is 16.3 Å². The molecule has 0 aliphatic carbocycles. The van der Waals surface area contributed by atoms with Crippen molar-refractivity contribution in [2.45, 2.75) is 59.4 Å². The van der Waals surface area contributed by atoms with Gasteiger partial charge in [0.05, 0.1) is 22.2 Å². The third-order valence-corrected chi connectivity index (χ3v) is 6.65. The molecule has 0 radical (unpaired) electrons. The molecule has 1 heterocycles. The number of ether oxygens (including phenoxy) is 1.